The second-order valence-electron chi connectivity index (χ2n) is 5.09. The summed E-state index contributed by atoms with van der Waals surface area (Å²) in [5, 5.41) is 4.26. The summed E-state index contributed by atoms with van der Waals surface area (Å²) in [4.78, 5) is 20.1. The maximum absolute atomic E-state index is 12.3. The smallest absolute Gasteiger partial charge is 0.273 e. The highest BCUT2D eigenvalue weighted by molar-refractivity contribution is 6.36. The molecule has 0 bridgehead atoms. The molecule has 1 N–H and O–H groups in total. The van der Waals surface area contributed by atoms with Crippen molar-refractivity contribution >= 4 is 40.7 Å². The summed E-state index contributed by atoms with van der Waals surface area (Å²) in [6.45, 7) is 0. The molecular weight excluding hydrogens is 345 g/mol. The van der Waals surface area contributed by atoms with E-state index in [1.54, 1.807) is 18.2 Å². The molecule has 0 saturated heterocycles. The summed E-state index contributed by atoms with van der Waals surface area (Å²) in [5.74, 6) is -0.239. The lowest BCUT2D eigenvalue weighted by atomic mass is 9.75. The Hall–Kier alpha value is -1.36. The van der Waals surface area contributed by atoms with E-state index in [9.17, 15) is 4.79 Å². The predicted octanol–water partition coefficient (Wildman–Crippen LogP) is 4.11. The molecule has 0 spiro atoms. The van der Waals surface area contributed by atoms with Gasteiger partial charge in [-0.25, -0.2) is 9.97 Å². The molecule has 1 fully saturated rings. The summed E-state index contributed by atoms with van der Waals surface area (Å²) in [7, 11) is 0. The summed E-state index contributed by atoms with van der Waals surface area (Å²) in [5.41, 5.74) is 1.01. The van der Waals surface area contributed by atoms with Crippen LogP contribution in [0.1, 0.15) is 34.8 Å². The van der Waals surface area contributed by atoms with Crippen LogP contribution in [0.25, 0.3) is 0 Å². The van der Waals surface area contributed by atoms with Crippen LogP contribution in [0.15, 0.2) is 30.6 Å². The number of aromatic nitrogens is 2. The molecule has 7 heteroatoms. The van der Waals surface area contributed by atoms with Crippen LogP contribution in [0.3, 0.4) is 0 Å². The maximum Gasteiger partial charge on any atom is 0.273 e. The fourth-order valence-electron chi connectivity index (χ4n) is 2.59. The molecule has 1 amide bonds. The molecule has 3 rings (SSSR count). The standard InChI is InChI=1S/C15H12Cl3N3O/c16-9-2-1-3-10(17)12(9)8-4-5-11(8)21-15(22)13-14(18)20-7-6-19-13/h1-3,6-8,11H,4-5H2,(H,21,22). The van der Waals surface area contributed by atoms with Gasteiger partial charge in [0.2, 0.25) is 0 Å². The lowest BCUT2D eigenvalue weighted by Gasteiger charge is -2.38. The van der Waals surface area contributed by atoms with Crippen LogP contribution < -0.4 is 5.32 Å². The third kappa shape index (κ3) is 2.91. The highest BCUT2D eigenvalue weighted by Crippen LogP contribution is 2.43. The minimum Gasteiger partial charge on any atom is -0.347 e. The first-order chi connectivity index (χ1) is 10.6. The quantitative estimate of drug-likeness (QED) is 0.900. The van der Waals surface area contributed by atoms with Gasteiger partial charge in [0.1, 0.15) is 0 Å². The van der Waals surface area contributed by atoms with Gasteiger partial charge in [-0.15, -0.1) is 0 Å². The molecule has 2 aromatic rings. The van der Waals surface area contributed by atoms with E-state index in [-0.39, 0.29) is 28.7 Å². The largest absolute Gasteiger partial charge is 0.347 e. The fraction of sp³-hybridized carbons (Fsp3) is 0.267. The number of carbonyl (C=O) groups is 1. The maximum atomic E-state index is 12.3. The van der Waals surface area contributed by atoms with Crippen LogP contribution in [0.5, 0.6) is 0 Å². The minimum atomic E-state index is -0.337. The summed E-state index contributed by atoms with van der Waals surface area (Å²) in [6.07, 6.45) is 4.65. The second-order valence-corrected chi connectivity index (χ2v) is 6.27. The van der Waals surface area contributed by atoms with E-state index in [1.165, 1.54) is 12.4 Å². The molecule has 114 valence electrons. The van der Waals surface area contributed by atoms with Crippen LogP contribution in [0.4, 0.5) is 0 Å². The van der Waals surface area contributed by atoms with Crippen molar-refractivity contribution in [1.29, 1.82) is 0 Å². The lowest BCUT2D eigenvalue weighted by molar-refractivity contribution is 0.0899. The van der Waals surface area contributed by atoms with E-state index >= 15 is 0 Å². The topological polar surface area (TPSA) is 54.9 Å². The summed E-state index contributed by atoms with van der Waals surface area (Å²) < 4.78 is 0. The molecular formula is C15H12Cl3N3O. The Labute approximate surface area is 142 Å². The van der Waals surface area contributed by atoms with Crippen molar-refractivity contribution in [3.05, 3.63) is 57.0 Å². The Kier molecular flexibility index (Phi) is 4.52. The van der Waals surface area contributed by atoms with Gasteiger partial charge >= 0.3 is 0 Å². The van der Waals surface area contributed by atoms with Crippen molar-refractivity contribution in [1.82, 2.24) is 15.3 Å². The van der Waals surface area contributed by atoms with Crippen molar-refractivity contribution in [2.75, 3.05) is 0 Å². The van der Waals surface area contributed by atoms with E-state index in [0.717, 1.165) is 18.4 Å². The van der Waals surface area contributed by atoms with Crippen molar-refractivity contribution in [2.45, 2.75) is 24.8 Å². The van der Waals surface area contributed by atoms with Crippen molar-refractivity contribution in [3.63, 3.8) is 0 Å². The first kappa shape index (κ1) is 15.5. The summed E-state index contributed by atoms with van der Waals surface area (Å²) >= 11 is 18.4. The van der Waals surface area contributed by atoms with Gasteiger partial charge in [-0.3, -0.25) is 4.79 Å². The number of halogens is 3. The molecule has 1 aromatic heterocycles. The highest BCUT2D eigenvalue weighted by Gasteiger charge is 2.36. The van der Waals surface area contributed by atoms with E-state index in [0.29, 0.717) is 10.0 Å². The second kappa shape index (κ2) is 6.41. The van der Waals surface area contributed by atoms with Crippen LogP contribution >= 0.6 is 34.8 Å². The lowest BCUT2D eigenvalue weighted by Crippen LogP contribution is -2.45. The van der Waals surface area contributed by atoms with Gasteiger partial charge in [0, 0.05) is 34.4 Å². The fourth-order valence-corrected chi connectivity index (χ4v) is 3.46. The monoisotopic (exact) mass is 355 g/mol. The molecule has 0 radical (unpaired) electrons. The number of carbonyl (C=O) groups excluding carboxylic acids is 1. The number of amides is 1. The van der Waals surface area contributed by atoms with Crippen LogP contribution in [0, 0.1) is 0 Å². The molecule has 1 heterocycles. The summed E-state index contributed by atoms with van der Waals surface area (Å²) in [6, 6.07) is 5.38. The van der Waals surface area contributed by atoms with Gasteiger partial charge in [-0.1, -0.05) is 40.9 Å². The number of hydrogen-bond donors (Lipinski definition) is 1. The highest BCUT2D eigenvalue weighted by atomic mass is 35.5. The normalized spacial score (nSPS) is 20.3. The Morgan fingerprint density at radius 1 is 1.09 bits per heavy atom. The van der Waals surface area contributed by atoms with Crippen LogP contribution in [-0.4, -0.2) is 21.9 Å². The zero-order valence-electron chi connectivity index (χ0n) is 11.4. The number of hydrogen-bond acceptors (Lipinski definition) is 3. The van der Waals surface area contributed by atoms with Gasteiger partial charge < -0.3 is 5.32 Å². The van der Waals surface area contributed by atoms with Gasteiger partial charge in [-0.2, -0.15) is 0 Å². The molecule has 1 saturated carbocycles. The average molecular weight is 357 g/mol. The van der Waals surface area contributed by atoms with E-state index in [1.807, 2.05) is 0 Å². The van der Waals surface area contributed by atoms with Gasteiger partial charge in [0.05, 0.1) is 0 Å². The number of rotatable bonds is 3. The van der Waals surface area contributed by atoms with Crippen LogP contribution in [-0.2, 0) is 0 Å². The van der Waals surface area contributed by atoms with Gasteiger partial charge in [0.15, 0.2) is 10.8 Å². The molecule has 2 atom stereocenters. The Bertz CT molecular complexity index is 703. The number of nitrogens with one attached hydrogen (secondary N) is 1. The van der Waals surface area contributed by atoms with Crippen molar-refractivity contribution in [3.8, 4) is 0 Å². The van der Waals surface area contributed by atoms with Gasteiger partial charge in [0.25, 0.3) is 5.91 Å². The average Bonchev–Trinajstić information content (AvgIpc) is 2.47. The molecule has 0 aliphatic heterocycles. The van der Waals surface area contributed by atoms with Crippen molar-refractivity contribution < 1.29 is 4.79 Å². The predicted molar refractivity (Wildman–Crippen MR) is 86.7 cm³/mol. The van der Waals surface area contributed by atoms with Crippen molar-refractivity contribution in [2.24, 2.45) is 0 Å². The molecule has 1 aliphatic rings. The van der Waals surface area contributed by atoms with Gasteiger partial charge in [-0.05, 0) is 30.5 Å². The molecule has 2 unspecified atom stereocenters. The van der Waals surface area contributed by atoms with E-state index in [2.05, 4.69) is 15.3 Å². The first-order valence-corrected chi connectivity index (χ1v) is 7.92. The molecule has 4 nitrogen and oxygen atoms in total. The molecule has 1 aliphatic carbocycles. The molecule has 22 heavy (non-hydrogen) atoms. The third-order valence-electron chi connectivity index (χ3n) is 3.83. The Balaban J connectivity index is 1.77. The Morgan fingerprint density at radius 2 is 1.77 bits per heavy atom. The van der Waals surface area contributed by atoms with E-state index in [4.69, 9.17) is 34.8 Å². The third-order valence-corrected chi connectivity index (χ3v) is 4.77. The SMILES string of the molecule is O=C(NC1CCC1c1c(Cl)cccc1Cl)c1nccnc1Cl. The van der Waals surface area contributed by atoms with E-state index < -0.39 is 0 Å². The zero-order valence-corrected chi connectivity index (χ0v) is 13.7. The minimum absolute atomic E-state index is 0.0389. The zero-order chi connectivity index (χ0) is 15.7. The molecule has 1 aromatic carbocycles. The number of benzene rings is 1. The number of nitrogens with zero attached hydrogens (tertiary/aromatic N) is 2. The first-order valence-electron chi connectivity index (χ1n) is 6.79. The Morgan fingerprint density at radius 3 is 2.36 bits per heavy atom. The van der Waals surface area contributed by atoms with Crippen LogP contribution in [0.2, 0.25) is 15.2 Å².